The van der Waals surface area contributed by atoms with Crippen molar-refractivity contribution in [2.75, 3.05) is 13.2 Å². The van der Waals surface area contributed by atoms with Gasteiger partial charge in [-0.25, -0.2) is 0 Å². The van der Waals surface area contributed by atoms with Crippen molar-refractivity contribution in [3.05, 3.63) is 101 Å². The number of hydrogen-bond acceptors (Lipinski definition) is 3. The molecule has 0 heterocycles. The van der Waals surface area contributed by atoms with E-state index in [2.05, 4.69) is 5.32 Å². The van der Waals surface area contributed by atoms with Crippen molar-refractivity contribution in [1.29, 1.82) is 0 Å². The van der Waals surface area contributed by atoms with Crippen LogP contribution in [0.3, 0.4) is 0 Å². The fourth-order valence-corrected chi connectivity index (χ4v) is 3.59. The lowest BCUT2D eigenvalue weighted by molar-refractivity contribution is -0.143. The molecular formula is C27H29ClN2O3. The predicted octanol–water partition coefficient (Wildman–Crippen LogP) is 5.26. The molecule has 0 aliphatic rings. The van der Waals surface area contributed by atoms with Crippen molar-refractivity contribution < 1.29 is 14.3 Å². The predicted molar refractivity (Wildman–Crippen MR) is 131 cm³/mol. The summed E-state index contributed by atoms with van der Waals surface area (Å²) in [5, 5.41) is 3.42. The fourth-order valence-electron chi connectivity index (χ4n) is 3.40. The van der Waals surface area contributed by atoms with Crippen LogP contribution in [0.25, 0.3) is 0 Å². The molecule has 3 rings (SSSR count). The molecule has 0 spiro atoms. The van der Waals surface area contributed by atoms with E-state index < -0.39 is 6.04 Å². The molecule has 0 aliphatic heterocycles. The van der Waals surface area contributed by atoms with Gasteiger partial charge in [0.05, 0.1) is 5.02 Å². The first-order valence-corrected chi connectivity index (χ1v) is 11.4. The summed E-state index contributed by atoms with van der Waals surface area (Å²) in [7, 11) is 0. The van der Waals surface area contributed by atoms with Gasteiger partial charge < -0.3 is 15.0 Å². The highest BCUT2D eigenvalue weighted by atomic mass is 35.5. The summed E-state index contributed by atoms with van der Waals surface area (Å²) in [6.45, 7) is 4.60. The van der Waals surface area contributed by atoms with Gasteiger partial charge >= 0.3 is 0 Å². The molecule has 6 heteroatoms. The second-order valence-corrected chi connectivity index (χ2v) is 8.59. The molecule has 0 saturated heterocycles. The Morgan fingerprint density at radius 2 is 1.52 bits per heavy atom. The third kappa shape index (κ3) is 7.09. The van der Waals surface area contributed by atoms with Crippen molar-refractivity contribution in [3.63, 3.8) is 0 Å². The van der Waals surface area contributed by atoms with E-state index in [-0.39, 0.29) is 30.9 Å². The van der Waals surface area contributed by atoms with E-state index in [1.54, 1.807) is 29.2 Å². The number of rotatable bonds is 10. The normalized spacial score (nSPS) is 11.6. The van der Waals surface area contributed by atoms with Crippen LogP contribution in [0.1, 0.15) is 31.0 Å². The Balaban J connectivity index is 1.92. The maximum atomic E-state index is 13.5. The number of nitrogens with one attached hydrogen (secondary N) is 1. The molecule has 0 aromatic heterocycles. The van der Waals surface area contributed by atoms with E-state index in [0.29, 0.717) is 17.3 Å². The van der Waals surface area contributed by atoms with Gasteiger partial charge in [0, 0.05) is 13.1 Å². The Bertz CT molecular complexity index is 1040. The van der Waals surface area contributed by atoms with Crippen LogP contribution in [0.15, 0.2) is 84.9 Å². The standard InChI is InChI=1S/C27H29ClN2O3/c1-20(2)17-29-27(32)26(22-13-7-4-8-14-22)30(18-21-11-5-3-6-12-21)25(31)19-33-24-16-10-9-15-23(24)28/h3-16,20,26H,17-19H2,1-2H3,(H,29,32). The zero-order valence-electron chi connectivity index (χ0n) is 18.9. The van der Waals surface area contributed by atoms with Gasteiger partial charge in [-0.1, -0.05) is 98.2 Å². The number of carbonyl (C=O) groups excluding carboxylic acids is 2. The lowest BCUT2D eigenvalue weighted by Crippen LogP contribution is -2.45. The minimum Gasteiger partial charge on any atom is -0.482 e. The molecule has 1 N–H and O–H groups in total. The summed E-state index contributed by atoms with van der Waals surface area (Å²) in [6.07, 6.45) is 0. The fraction of sp³-hybridized carbons (Fsp3) is 0.259. The van der Waals surface area contributed by atoms with E-state index >= 15 is 0 Å². The quantitative estimate of drug-likeness (QED) is 0.445. The number of ether oxygens (including phenoxy) is 1. The van der Waals surface area contributed by atoms with E-state index in [1.807, 2.05) is 74.5 Å². The summed E-state index contributed by atoms with van der Waals surface area (Å²) in [4.78, 5) is 28.4. The van der Waals surface area contributed by atoms with Gasteiger partial charge in [0.25, 0.3) is 5.91 Å². The molecule has 1 atom stereocenters. The Kier molecular flexibility index (Phi) is 8.90. The van der Waals surface area contributed by atoms with Gasteiger partial charge in [-0.3, -0.25) is 9.59 Å². The van der Waals surface area contributed by atoms with Crippen molar-refractivity contribution in [3.8, 4) is 5.75 Å². The highest BCUT2D eigenvalue weighted by Gasteiger charge is 2.31. The number of hydrogen-bond donors (Lipinski definition) is 1. The molecule has 0 fully saturated rings. The average Bonchev–Trinajstić information content (AvgIpc) is 2.83. The first kappa shape index (κ1) is 24.3. The van der Waals surface area contributed by atoms with Crippen LogP contribution in [0, 0.1) is 5.92 Å². The SMILES string of the molecule is CC(C)CNC(=O)C(c1ccccc1)N(Cc1ccccc1)C(=O)COc1ccccc1Cl. The summed E-state index contributed by atoms with van der Waals surface area (Å²) < 4.78 is 5.73. The minimum atomic E-state index is -0.799. The lowest BCUT2D eigenvalue weighted by Gasteiger charge is -2.32. The number of para-hydroxylation sites is 1. The Morgan fingerprint density at radius 3 is 2.15 bits per heavy atom. The van der Waals surface area contributed by atoms with Crippen LogP contribution in [0.2, 0.25) is 5.02 Å². The second-order valence-electron chi connectivity index (χ2n) is 8.18. The maximum absolute atomic E-state index is 13.5. The molecule has 0 radical (unpaired) electrons. The van der Waals surface area contributed by atoms with E-state index in [4.69, 9.17) is 16.3 Å². The highest BCUT2D eigenvalue weighted by molar-refractivity contribution is 6.32. The monoisotopic (exact) mass is 464 g/mol. The molecule has 2 amide bonds. The molecule has 3 aromatic rings. The zero-order chi connectivity index (χ0) is 23.6. The maximum Gasteiger partial charge on any atom is 0.261 e. The van der Waals surface area contributed by atoms with Gasteiger partial charge in [0.15, 0.2) is 6.61 Å². The van der Waals surface area contributed by atoms with Crippen LogP contribution >= 0.6 is 11.6 Å². The molecule has 5 nitrogen and oxygen atoms in total. The van der Waals surface area contributed by atoms with Gasteiger partial charge in [0.1, 0.15) is 11.8 Å². The van der Waals surface area contributed by atoms with Crippen molar-refractivity contribution in [2.24, 2.45) is 5.92 Å². The van der Waals surface area contributed by atoms with Crippen LogP contribution in [0.4, 0.5) is 0 Å². The Hall–Kier alpha value is -3.31. The van der Waals surface area contributed by atoms with Crippen LogP contribution in [-0.2, 0) is 16.1 Å². The summed E-state index contributed by atoms with van der Waals surface area (Å²) in [6, 6.07) is 25.1. The number of nitrogens with zero attached hydrogens (tertiary/aromatic N) is 1. The number of carbonyl (C=O) groups is 2. The van der Waals surface area contributed by atoms with Gasteiger partial charge in [0.2, 0.25) is 5.91 Å². The van der Waals surface area contributed by atoms with E-state index in [1.165, 1.54) is 0 Å². The van der Waals surface area contributed by atoms with Crippen LogP contribution < -0.4 is 10.1 Å². The summed E-state index contributed by atoms with van der Waals surface area (Å²) >= 11 is 6.18. The Labute approximate surface area is 200 Å². The summed E-state index contributed by atoms with van der Waals surface area (Å²) in [5.41, 5.74) is 1.65. The van der Waals surface area contributed by atoms with E-state index in [0.717, 1.165) is 11.1 Å². The van der Waals surface area contributed by atoms with Gasteiger partial charge in [-0.15, -0.1) is 0 Å². The van der Waals surface area contributed by atoms with Crippen molar-refractivity contribution in [2.45, 2.75) is 26.4 Å². The lowest BCUT2D eigenvalue weighted by atomic mass is 10.0. The van der Waals surface area contributed by atoms with E-state index in [9.17, 15) is 9.59 Å². The topological polar surface area (TPSA) is 58.6 Å². The number of amides is 2. The zero-order valence-corrected chi connectivity index (χ0v) is 19.7. The van der Waals surface area contributed by atoms with Gasteiger partial charge in [-0.2, -0.15) is 0 Å². The second kappa shape index (κ2) is 12.1. The highest BCUT2D eigenvalue weighted by Crippen LogP contribution is 2.26. The number of halogens is 1. The molecule has 3 aromatic carbocycles. The molecular weight excluding hydrogens is 436 g/mol. The molecule has 0 aliphatic carbocycles. The van der Waals surface area contributed by atoms with Gasteiger partial charge in [-0.05, 0) is 29.2 Å². The van der Waals surface area contributed by atoms with Crippen LogP contribution in [0.5, 0.6) is 5.75 Å². The first-order chi connectivity index (χ1) is 16.0. The Morgan fingerprint density at radius 1 is 0.909 bits per heavy atom. The van der Waals surface area contributed by atoms with Crippen molar-refractivity contribution in [1.82, 2.24) is 10.2 Å². The average molecular weight is 465 g/mol. The molecule has 0 saturated carbocycles. The smallest absolute Gasteiger partial charge is 0.261 e. The first-order valence-electron chi connectivity index (χ1n) is 11.0. The molecule has 33 heavy (non-hydrogen) atoms. The third-order valence-electron chi connectivity index (χ3n) is 5.06. The van der Waals surface area contributed by atoms with Crippen molar-refractivity contribution >= 4 is 23.4 Å². The number of benzene rings is 3. The molecule has 172 valence electrons. The molecule has 0 bridgehead atoms. The summed E-state index contributed by atoms with van der Waals surface area (Å²) in [5.74, 6) is 0.171. The largest absolute Gasteiger partial charge is 0.482 e. The third-order valence-corrected chi connectivity index (χ3v) is 5.38. The minimum absolute atomic E-state index is 0.225. The molecule has 1 unspecified atom stereocenters. The van der Waals surface area contributed by atoms with Crippen LogP contribution in [-0.4, -0.2) is 29.9 Å².